The van der Waals surface area contributed by atoms with Gasteiger partial charge in [-0.2, -0.15) is 0 Å². The molecule has 154 valence electrons. The lowest BCUT2D eigenvalue weighted by molar-refractivity contribution is 0.0272. The van der Waals surface area contributed by atoms with Crippen LogP contribution in [0.2, 0.25) is 17.6 Å². The molecule has 0 radical (unpaired) electrons. The number of esters is 1. The molecule has 1 aromatic carbocycles. The van der Waals surface area contributed by atoms with Gasteiger partial charge in [-0.3, -0.25) is 0 Å². The molecule has 0 bridgehead atoms. The van der Waals surface area contributed by atoms with Gasteiger partial charge in [0, 0.05) is 8.80 Å². The summed E-state index contributed by atoms with van der Waals surface area (Å²) in [5, 5.41) is 0. The van der Waals surface area contributed by atoms with Crippen LogP contribution in [0.3, 0.4) is 0 Å². The van der Waals surface area contributed by atoms with Crippen LogP contribution in [0.15, 0.2) is 30.9 Å². The summed E-state index contributed by atoms with van der Waals surface area (Å²) in [5.74, 6) is -1.58. The summed E-state index contributed by atoms with van der Waals surface area (Å²) in [6, 6.07) is 5.66. The first kappa shape index (κ1) is 21.2. The maximum Gasteiger partial charge on any atom is 0.338 e. The fourth-order valence-electron chi connectivity index (χ4n) is 5.02. The van der Waals surface area contributed by atoms with E-state index < -0.39 is 26.4 Å². The highest BCUT2D eigenvalue weighted by Crippen LogP contribution is 2.41. The molecule has 1 heterocycles. The number of carbonyl (C=O) groups is 1. The fraction of sp³-hybridized carbons (Fsp3) is 0.609. The van der Waals surface area contributed by atoms with Gasteiger partial charge in [-0.05, 0) is 55.3 Å². The number of halogens is 2. The largest absolute Gasteiger partial charge is 0.459 e. The van der Waals surface area contributed by atoms with Gasteiger partial charge in [-0.15, -0.1) is 6.58 Å². The van der Waals surface area contributed by atoms with Gasteiger partial charge in [0.1, 0.15) is 6.10 Å². The summed E-state index contributed by atoms with van der Waals surface area (Å²) in [6.45, 7) is 3.81. The number of carbonyl (C=O) groups excluding carboxylic acids is 1. The summed E-state index contributed by atoms with van der Waals surface area (Å²) >= 11 is 0. The highest BCUT2D eigenvalue weighted by atomic mass is 28.3. The molecule has 1 aliphatic carbocycles. The predicted molar refractivity (Wildman–Crippen MR) is 111 cm³/mol. The van der Waals surface area contributed by atoms with Gasteiger partial charge in [0.15, 0.2) is 11.6 Å². The van der Waals surface area contributed by atoms with Crippen LogP contribution in [0.25, 0.3) is 0 Å². The molecule has 2 fully saturated rings. The van der Waals surface area contributed by atoms with E-state index in [0.29, 0.717) is 0 Å². The monoisotopic (exact) mass is 406 g/mol. The third-order valence-electron chi connectivity index (χ3n) is 6.73. The van der Waals surface area contributed by atoms with Crippen molar-refractivity contribution < 1.29 is 18.3 Å². The van der Waals surface area contributed by atoms with Crippen molar-refractivity contribution in [1.29, 1.82) is 0 Å². The Kier molecular flexibility index (Phi) is 7.83. The molecule has 1 aliphatic heterocycles. The van der Waals surface area contributed by atoms with Crippen LogP contribution in [0.1, 0.15) is 68.1 Å². The Hall–Kier alpha value is -1.49. The number of rotatable bonds is 7. The highest BCUT2D eigenvalue weighted by Gasteiger charge is 2.32. The molecule has 0 spiro atoms. The quantitative estimate of drug-likeness (QED) is 0.226. The molecular formula is C23H32F2O2Si. The number of benzene rings is 1. The molecule has 2 nitrogen and oxygen atoms in total. The molecule has 1 saturated heterocycles. The zero-order valence-electron chi connectivity index (χ0n) is 16.7. The van der Waals surface area contributed by atoms with Crippen molar-refractivity contribution in [3.8, 4) is 0 Å². The number of unbranched alkanes of at least 4 members (excludes halogenated alkanes) is 1. The summed E-state index contributed by atoms with van der Waals surface area (Å²) in [4.78, 5) is 12.2. The molecular weight excluding hydrogens is 374 g/mol. The van der Waals surface area contributed by atoms with E-state index in [1.54, 1.807) is 0 Å². The summed E-state index contributed by atoms with van der Waals surface area (Å²) < 4.78 is 31.9. The number of allylic oxidation sites excluding steroid dienone is 1. The molecule has 1 saturated carbocycles. The van der Waals surface area contributed by atoms with Gasteiger partial charge in [0.05, 0.1) is 5.56 Å². The van der Waals surface area contributed by atoms with Gasteiger partial charge < -0.3 is 4.74 Å². The zero-order chi connectivity index (χ0) is 19.9. The third kappa shape index (κ3) is 5.76. The van der Waals surface area contributed by atoms with Crippen molar-refractivity contribution in [2.75, 3.05) is 0 Å². The Balaban J connectivity index is 1.39. The number of hydrogen-bond acceptors (Lipinski definition) is 2. The van der Waals surface area contributed by atoms with Crippen LogP contribution in [0, 0.1) is 17.6 Å². The van der Waals surface area contributed by atoms with E-state index in [1.165, 1.54) is 56.7 Å². The molecule has 0 N–H and O–H groups in total. The first-order chi connectivity index (χ1) is 13.6. The second-order valence-electron chi connectivity index (χ2n) is 8.57. The molecule has 3 rings (SSSR count). The van der Waals surface area contributed by atoms with Crippen LogP contribution < -0.4 is 0 Å². The lowest BCUT2D eigenvalue weighted by atomic mass is 9.85. The van der Waals surface area contributed by atoms with Gasteiger partial charge in [-0.1, -0.05) is 50.3 Å². The molecule has 2 aliphatic rings. The minimum absolute atomic E-state index is 0.0698. The van der Waals surface area contributed by atoms with Crippen molar-refractivity contribution in [2.24, 2.45) is 5.92 Å². The maximum atomic E-state index is 13.3. The van der Waals surface area contributed by atoms with Crippen LogP contribution >= 0.6 is 0 Å². The molecule has 0 unspecified atom stereocenters. The Morgan fingerprint density at radius 3 is 2.46 bits per heavy atom. The Bertz CT molecular complexity index is 663. The summed E-state index contributed by atoms with van der Waals surface area (Å²) in [6.07, 6.45) is 13.2. The van der Waals surface area contributed by atoms with Crippen LogP contribution in [-0.4, -0.2) is 20.9 Å². The van der Waals surface area contributed by atoms with E-state index in [-0.39, 0.29) is 11.7 Å². The van der Waals surface area contributed by atoms with Gasteiger partial charge in [0.25, 0.3) is 0 Å². The third-order valence-corrected chi connectivity index (χ3v) is 10.9. The van der Waals surface area contributed by atoms with E-state index in [0.717, 1.165) is 42.9 Å². The van der Waals surface area contributed by atoms with E-state index in [2.05, 4.69) is 6.58 Å². The SMILES string of the molecule is C=CCCCC1CCC([Si@H]2CC[C@H](OC(=O)c3ccc(F)c(F)c3)CC2)CC1. The standard InChI is InChI=1S/C23H32F2O2Si/c1-2-3-4-5-17-6-9-20(10-7-17)28-14-12-19(13-15-28)27-23(26)18-8-11-21(24)22(25)16-18/h2,8,11,16-17,19-20,28H,1,3-7,9-10,12-15H2/t17?,19-,20?,28-. The Morgan fingerprint density at radius 1 is 1.11 bits per heavy atom. The minimum atomic E-state index is -1.01. The van der Waals surface area contributed by atoms with E-state index in [9.17, 15) is 13.6 Å². The second kappa shape index (κ2) is 10.3. The van der Waals surface area contributed by atoms with Gasteiger partial charge in [0.2, 0.25) is 0 Å². The van der Waals surface area contributed by atoms with Gasteiger partial charge in [-0.25, -0.2) is 13.6 Å². The number of hydrogen-bond donors (Lipinski definition) is 0. The second-order valence-corrected chi connectivity index (χ2v) is 12.2. The molecule has 5 heteroatoms. The molecule has 0 atom stereocenters. The van der Waals surface area contributed by atoms with Crippen molar-refractivity contribution in [2.45, 2.75) is 81.5 Å². The topological polar surface area (TPSA) is 26.3 Å². The molecule has 28 heavy (non-hydrogen) atoms. The van der Waals surface area contributed by atoms with Crippen LogP contribution in [0.4, 0.5) is 8.78 Å². The summed E-state index contributed by atoms with van der Waals surface area (Å²) in [5.41, 5.74) is 1.05. The van der Waals surface area contributed by atoms with Crippen molar-refractivity contribution in [1.82, 2.24) is 0 Å². The average Bonchev–Trinajstić information content (AvgIpc) is 2.71. The van der Waals surface area contributed by atoms with Crippen molar-refractivity contribution in [3.63, 3.8) is 0 Å². The molecule has 0 aromatic heterocycles. The Morgan fingerprint density at radius 2 is 1.82 bits per heavy atom. The average molecular weight is 407 g/mol. The highest BCUT2D eigenvalue weighted by molar-refractivity contribution is 6.60. The Labute approximate surface area is 169 Å². The first-order valence-electron chi connectivity index (χ1n) is 10.8. The minimum Gasteiger partial charge on any atom is -0.459 e. The maximum absolute atomic E-state index is 13.3. The fourth-order valence-corrected chi connectivity index (χ4v) is 9.18. The van der Waals surface area contributed by atoms with Crippen LogP contribution in [0.5, 0.6) is 0 Å². The molecule has 0 amide bonds. The normalized spacial score (nSPS) is 27.9. The lowest BCUT2D eigenvalue weighted by Crippen LogP contribution is -2.33. The van der Waals surface area contributed by atoms with Crippen molar-refractivity contribution in [3.05, 3.63) is 48.1 Å². The lowest BCUT2D eigenvalue weighted by Gasteiger charge is -2.36. The van der Waals surface area contributed by atoms with E-state index in [4.69, 9.17) is 4.74 Å². The molecule has 1 aromatic rings. The van der Waals surface area contributed by atoms with Crippen LogP contribution in [-0.2, 0) is 4.74 Å². The van der Waals surface area contributed by atoms with E-state index >= 15 is 0 Å². The first-order valence-corrected chi connectivity index (χ1v) is 13.1. The number of ether oxygens (including phenoxy) is 1. The smallest absolute Gasteiger partial charge is 0.338 e. The van der Waals surface area contributed by atoms with Crippen molar-refractivity contribution >= 4 is 14.8 Å². The van der Waals surface area contributed by atoms with Gasteiger partial charge >= 0.3 is 5.97 Å². The predicted octanol–water partition coefficient (Wildman–Crippen LogP) is 6.43. The van der Waals surface area contributed by atoms with E-state index in [1.807, 2.05) is 6.08 Å². The zero-order valence-corrected chi connectivity index (χ0v) is 17.8. The summed E-state index contributed by atoms with van der Waals surface area (Å²) in [7, 11) is -0.758.